The van der Waals surface area contributed by atoms with Crippen molar-refractivity contribution in [1.29, 1.82) is 0 Å². The largest absolute Gasteiger partial charge is 0.158 e. The third-order valence-corrected chi connectivity index (χ3v) is 1.70. The lowest BCUT2D eigenvalue weighted by Crippen LogP contribution is -1.80. The summed E-state index contributed by atoms with van der Waals surface area (Å²) >= 11 is 0. The minimum atomic E-state index is 1.14. The minimum absolute atomic E-state index is 1.14. The van der Waals surface area contributed by atoms with Crippen molar-refractivity contribution in [1.82, 2.24) is 10.2 Å². The zero-order chi connectivity index (χ0) is 10.4. The van der Waals surface area contributed by atoms with E-state index in [0.717, 1.165) is 10.8 Å². The third-order valence-electron chi connectivity index (χ3n) is 1.70. The van der Waals surface area contributed by atoms with Crippen LogP contribution < -0.4 is 0 Å². The molecule has 2 aromatic rings. The molecule has 2 rings (SSSR count). The molecule has 2 heteroatoms. The maximum atomic E-state index is 3.80. The number of rotatable bonds is 0. The Balaban J connectivity index is 0.000000293. The van der Waals surface area contributed by atoms with Crippen molar-refractivity contribution in [3.05, 3.63) is 36.2 Å². The predicted molar refractivity (Wildman–Crippen MR) is 60.2 cm³/mol. The van der Waals surface area contributed by atoms with E-state index >= 15 is 0 Å². The van der Waals surface area contributed by atoms with Gasteiger partial charge in [-0.2, -0.15) is 10.2 Å². The van der Waals surface area contributed by atoms with E-state index in [1.807, 2.05) is 0 Å². The van der Waals surface area contributed by atoms with Crippen LogP contribution in [0.15, 0.2) is 30.6 Å². The van der Waals surface area contributed by atoms with Gasteiger partial charge in [0.1, 0.15) is 0 Å². The van der Waals surface area contributed by atoms with Crippen molar-refractivity contribution in [3.63, 3.8) is 0 Å². The van der Waals surface area contributed by atoms with Crippen molar-refractivity contribution >= 4 is 10.8 Å². The summed E-state index contributed by atoms with van der Waals surface area (Å²) in [7, 11) is 0. The first kappa shape index (κ1) is 10.6. The molecular weight excluding hydrogens is 172 g/mol. The molecule has 0 atom stereocenters. The molecule has 0 aliphatic rings. The lowest BCUT2D eigenvalue weighted by molar-refractivity contribution is 1.05. The average molecular weight is 188 g/mol. The molecule has 0 amide bonds. The quantitative estimate of drug-likeness (QED) is 0.633. The van der Waals surface area contributed by atoms with Gasteiger partial charge in [-0.15, -0.1) is 0 Å². The first-order valence-electron chi connectivity index (χ1n) is 4.95. The Morgan fingerprint density at radius 3 is 2.21 bits per heavy atom. The van der Waals surface area contributed by atoms with Crippen molar-refractivity contribution in [3.8, 4) is 0 Å². The highest BCUT2D eigenvalue weighted by atomic mass is 15.1. The Labute approximate surface area is 85.0 Å². The lowest BCUT2D eigenvalue weighted by Gasteiger charge is -1.95. The smallest absolute Gasteiger partial charge is 0.0574 e. The van der Waals surface area contributed by atoms with Crippen LogP contribution >= 0.6 is 0 Å². The second kappa shape index (κ2) is 5.32. The number of fused-ring (bicyclic) bond motifs is 1. The summed E-state index contributed by atoms with van der Waals surface area (Å²) < 4.78 is 0. The zero-order valence-corrected chi connectivity index (χ0v) is 8.99. The number of hydrogen-bond donors (Lipinski definition) is 0. The summed E-state index contributed by atoms with van der Waals surface area (Å²) in [6.07, 6.45) is 4.80. The second-order valence-corrected chi connectivity index (χ2v) is 3.33. The standard InChI is InChI=1S/C9H8N2.C3H8/c1-7-2-3-8-5-10-11-6-9(8)4-7;1-3-2/h2-6H,1H3;3H2,1-2H3. The Morgan fingerprint density at radius 2 is 1.57 bits per heavy atom. The van der Waals surface area contributed by atoms with Crippen molar-refractivity contribution in [2.75, 3.05) is 0 Å². The lowest BCUT2D eigenvalue weighted by atomic mass is 10.1. The van der Waals surface area contributed by atoms with Gasteiger partial charge in [0.25, 0.3) is 0 Å². The molecule has 0 fully saturated rings. The SMILES string of the molecule is CCC.Cc1ccc2cnncc2c1. The van der Waals surface area contributed by atoms with Gasteiger partial charge in [-0.1, -0.05) is 38.0 Å². The molecule has 14 heavy (non-hydrogen) atoms. The van der Waals surface area contributed by atoms with Gasteiger partial charge < -0.3 is 0 Å². The summed E-state index contributed by atoms with van der Waals surface area (Å²) in [5, 5.41) is 9.89. The van der Waals surface area contributed by atoms with Gasteiger partial charge in [-0.3, -0.25) is 0 Å². The molecule has 0 N–H and O–H groups in total. The van der Waals surface area contributed by atoms with E-state index in [-0.39, 0.29) is 0 Å². The van der Waals surface area contributed by atoms with Gasteiger partial charge >= 0.3 is 0 Å². The fourth-order valence-corrected chi connectivity index (χ4v) is 1.11. The van der Waals surface area contributed by atoms with E-state index in [1.54, 1.807) is 12.4 Å². The second-order valence-electron chi connectivity index (χ2n) is 3.33. The van der Waals surface area contributed by atoms with Gasteiger partial charge in [-0.05, 0) is 13.0 Å². The molecule has 74 valence electrons. The molecular formula is C12H16N2. The topological polar surface area (TPSA) is 25.8 Å². The molecule has 1 aromatic carbocycles. The first-order chi connectivity index (χ1) is 6.77. The molecule has 0 aliphatic heterocycles. The van der Waals surface area contributed by atoms with E-state index in [0.29, 0.717) is 0 Å². The fourth-order valence-electron chi connectivity index (χ4n) is 1.11. The van der Waals surface area contributed by atoms with Crippen LogP contribution in [-0.4, -0.2) is 10.2 Å². The summed E-state index contributed by atoms with van der Waals surface area (Å²) in [5.74, 6) is 0. The molecule has 0 unspecified atom stereocenters. The molecule has 1 heterocycles. The molecule has 2 nitrogen and oxygen atoms in total. The minimum Gasteiger partial charge on any atom is -0.158 e. The van der Waals surface area contributed by atoms with E-state index < -0.39 is 0 Å². The van der Waals surface area contributed by atoms with Crippen LogP contribution in [0, 0.1) is 6.92 Å². The van der Waals surface area contributed by atoms with Crippen LogP contribution in [0.2, 0.25) is 0 Å². The summed E-state index contributed by atoms with van der Waals surface area (Å²) in [5.41, 5.74) is 1.26. The molecule has 0 saturated carbocycles. The van der Waals surface area contributed by atoms with Crippen LogP contribution in [0.5, 0.6) is 0 Å². The molecule has 0 bridgehead atoms. The van der Waals surface area contributed by atoms with E-state index in [2.05, 4.69) is 49.2 Å². The predicted octanol–water partition coefficient (Wildman–Crippen LogP) is 3.35. The van der Waals surface area contributed by atoms with Crippen molar-refractivity contribution < 1.29 is 0 Å². The van der Waals surface area contributed by atoms with Crippen LogP contribution in [0.25, 0.3) is 10.8 Å². The van der Waals surface area contributed by atoms with Crippen molar-refractivity contribution in [2.24, 2.45) is 0 Å². The van der Waals surface area contributed by atoms with E-state index in [9.17, 15) is 0 Å². The Bertz CT molecular complexity index is 396. The highest BCUT2D eigenvalue weighted by Crippen LogP contribution is 2.11. The Kier molecular flexibility index (Phi) is 4.05. The molecule has 0 saturated heterocycles. The van der Waals surface area contributed by atoms with Gasteiger partial charge in [0, 0.05) is 10.8 Å². The van der Waals surface area contributed by atoms with Crippen LogP contribution in [0.1, 0.15) is 25.8 Å². The maximum Gasteiger partial charge on any atom is 0.0574 e. The molecule has 0 spiro atoms. The van der Waals surface area contributed by atoms with E-state index in [1.165, 1.54) is 12.0 Å². The Morgan fingerprint density at radius 1 is 1.00 bits per heavy atom. The fraction of sp³-hybridized carbons (Fsp3) is 0.333. The van der Waals surface area contributed by atoms with E-state index in [4.69, 9.17) is 0 Å². The van der Waals surface area contributed by atoms with Gasteiger partial charge in [-0.25, -0.2) is 0 Å². The number of aromatic nitrogens is 2. The van der Waals surface area contributed by atoms with Gasteiger partial charge in [0.2, 0.25) is 0 Å². The van der Waals surface area contributed by atoms with Crippen LogP contribution in [0.4, 0.5) is 0 Å². The highest BCUT2D eigenvalue weighted by molar-refractivity contribution is 5.81. The Hall–Kier alpha value is -1.44. The third kappa shape index (κ3) is 2.80. The monoisotopic (exact) mass is 188 g/mol. The molecule has 0 aliphatic carbocycles. The number of benzene rings is 1. The average Bonchev–Trinajstić information content (AvgIpc) is 2.19. The van der Waals surface area contributed by atoms with Gasteiger partial charge in [0.15, 0.2) is 0 Å². The number of nitrogens with zero attached hydrogens (tertiary/aromatic N) is 2. The molecule has 1 aromatic heterocycles. The summed E-state index contributed by atoms with van der Waals surface area (Å²) in [6.45, 7) is 6.32. The van der Waals surface area contributed by atoms with Gasteiger partial charge in [0.05, 0.1) is 12.4 Å². The number of aryl methyl sites for hydroxylation is 1. The number of hydrogen-bond acceptors (Lipinski definition) is 2. The zero-order valence-electron chi connectivity index (χ0n) is 8.99. The normalized spacial score (nSPS) is 9.36. The summed E-state index contributed by atoms with van der Waals surface area (Å²) in [6, 6.07) is 6.23. The highest BCUT2D eigenvalue weighted by Gasteiger charge is 1.91. The molecule has 0 radical (unpaired) electrons. The van der Waals surface area contributed by atoms with Crippen LogP contribution in [0.3, 0.4) is 0 Å². The first-order valence-corrected chi connectivity index (χ1v) is 4.95. The van der Waals surface area contributed by atoms with Crippen LogP contribution in [-0.2, 0) is 0 Å². The van der Waals surface area contributed by atoms with Crippen molar-refractivity contribution in [2.45, 2.75) is 27.2 Å². The maximum absolute atomic E-state index is 3.80. The summed E-state index contributed by atoms with van der Waals surface area (Å²) in [4.78, 5) is 0.